The topological polar surface area (TPSA) is 98.2 Å². The number of hydrogen-bond acceptors (Lipinski definition) is 5. The van der Waals surface area contributed by atoms with E-state index in [9.17, 15) is 9.59 Å². The van der Waals surface area contributed by atoms with Crippen molar-refractivity contribution in [3.8, 4) is 0 Å². The van der Waals surface area contributed by atoms with Crippen LogP contribution in [0.3, 0.4) is 0 Å². The lowest BCUT2D eigenvalue weighted by Gasteiger charge is -2.29. The second-order valence-electron chi connectivity index (χ2n) is 8.22. The maximum absolute atomic E-state index is 12.3. The number of aldehydes is 1. The predicted molar refractivity (Wildman–Crippen MR) is 135 cm³/mol. The molecule has 1 aliphatic heterocycles. The van der Waals surface area contributed by atoms with E-state index in [1.807, 2.05) is 27.0 Å². The van der Waals surface area contributed by atoms with E-state index in [1.54, 1.807) is 30.2 Å². The van der Waals surface area contributed by atoms with Crippen LogP contribution in [0.25, 0.3) is 0 Å². The summed E-state index contributed by atoms with van der Waals surface area (Å²) in [6.07, 6.45) is 7.02. The van der Waals surface area contributed by atoms with Gasteiger partial charge >= 0.3 is 0 Å². The number of nitrogens with zero attached hydrogens (tertiary/aromatic N) is 3. The third-order valence-electron chi connectivity index (χ3n) is 5.35. The summed E-state index contributed by atoms with van der Waals surface area (Å²) in [4.78, 5) is 29.9. The average Bonchev–Trinajstić information content (AvgIpc) is 3.62. The Morgan fingerprint density at radius 3 is 2.67 bits per heavy atom. The SMILES string of the molecule is C=C1C=NNC(=Nc2cc(C(=O)NC3CC3)ccc2C)N1/C(C)=C(\C)C=O.CCCCNC. The standard InChI is InChI=1S/C20H23N5O2.C5H13N/c1-12-5-6-16(19(27)22-17-7-8-17)9-18(12)23-20-24-21-10-14(3)25(20)15(4)13(2)11-26;1-3-4-5-6-2/h5-6,9-11,17H,3,7-8H2,1-2,4H3,(H,22,27)(H,23,24);6H,3-5H2,1-2H3/b15-13+;. The van der Waals surface area contributed by atoms with E-state index < -0.39 is 0 Å². The van der Waals surface area contributed by atoms with Gasteiger partial charge in [-0.15, -0.1) is 0 Å². The molecule has 3 rings (SSSR count). The first kappa shape index (κ1) is 26.0. The number of amides is 1. The molecular weight excluding hydrogens is 416 g/mol. The molecule has 0 spiro atoms. The van der Waals surface area contributed by atoms with E-state index >= 15 is 0 Å². The van der Waals surface area contributed by atoms with Crippen LogP contribution in [0.15, 0.2) is 51.8 Å². The van der Waals surface area contributed by atoms with Crippen LogP contribution in [0.2, 0.25) is 0 Å². The van der Waals surface area contributed by atoms with Crippen molar-refractivity contribution in [2.45, 2.75) is 59.4 Å². The van der Waals surface area contributed by atoms with Crippen LogP contribution >= 0.6 is 0 Å². The Morgan fingerprint density at radius 1 is 1.36 bits per heavy atom. The molecule has 8 nitrogen and oxygen atoms in total. The van der Waals surface area contributed by atoms with E-state index in [0.717, 1.165) is 31.2 Å². The van der Waals surface area contributed by atoms with Gasteiger partial charge in [0, 0.05) is 22.9 Å². The lowest BCUT2D eigenvalue weighted by Crippen LogP contribution is -2.41. The van der Waals surface area contributed by atoms with Crippen molar-refractivity contribution in [2.75, 3.05) is 13.6 Å². The van der Waals surface area contributed by atoms with Crippen LogP contribution in [0, 0.1) is 6.92 Å². The minimum absolute atomic E-state index is 0.0947. The highest BCUT2D eigenvalue weighted by molar-refractivity contribution is 5.98. The average molecular weight is 453 g/mol. The molecule has 1 amide bonds. The summed E-state index contributed by atoms with van der Waals surface area (Å²) in [5.74, 6) is 0.326. The summed E-state index contributed by atoms with van der Waals surface area (Å²) in [6.45, 7) is 12.8. The molecule has 8 heteroatoms. The summed E-state index contributed by atoms with van der Waals surface area (Å²) >= 11 is 0. The second-order valence-corrected chi connectivity index (χ2v) is 8.22. The first-order valence-electron chi connectivity index (χ1n) is 11.4. The summed E-state index contributed by atoms with van der Waals surface area (Å²) in [5.41, 5.74) is 6.84. The number of allylic oxidation sites excluding steroid dienone is 3. The van der Waals surface area contributed by atoms with E-state index in [-0.39, 0.29) is 5.91 Å². The highest BCUT2D eigenvalue weighted by atomic mass is 16.1. The fourth-order valence-corrected chi connectivity index (χ4v) is 2.95. The third kappa shape index (κ3) is 7.68. The van der Waals surface area contributed by atoms with Gasteiger partial charge in [-0.25, -0.2) is 10.4 Å². The monoisotopic (exact) mass is 452 g/mol. The number of hydrogen-bond donors (Lipinski definition) is 3. The predicted octanol–water partition coefficient (Wildman–Crippen LogP) is 3.78. The van der Waals surface area contributed by atoms with Gasteiger partial charge in [0.2, 0.25) is 5.96 Å². The van der Waals surface area contributed by atoms with Crippen molar-refractivity contribution >= 4 is 30.1 Å². The largest absolute Gasteiger partial charge is 0.349 e. The highest BCUT2D eigenvalue weighted by Crippen LogP contribution is 2.25. The van der Waals surface area contributed by atoms with Crippen LogP contribution < -0.4 is 16.1 Å². The molecular formula is C25H36N6O2. The molecule has 178 valence electrons. The van der Waals surface area contributed by atoms with Crippen molar-refractivity contribution in [2.24, 2.45) is 10.1 Å². The van der Waals surface area contributed by atoms with Gasteiger partial charge in [0.1, 0.15) is 6.29 Å². The number of benzene rings is 1. The van der Waals surface area contributed by atoms with Crippen molar-refractivity contribution < 1.29 is 9.59 Å². The lowest BCUT2D eigenvalue weighted by molar-refractivity contribution is -0.105. The number of carbonyl (C=O) groups excluding carboxylic acids is 2. The van der Waals surface area contributed by atoms with E-state index in [4.69, 9.17) is 0 Å². The van der Waals surface area contributed by atoms with Crippen molar-refractivity contribution in [1.82, 2.24) is 21.0 Å². The van der Waals surface area contributed by atoms with Gasteiger partial charge < -0.3 is 10.6 Å². The molecule has 0 atom stereocenters. The molecule has 2 aliphatic rings. The summed E-state index contributed by atoms with van der Waals surface area (Å²) in [6, 6.07) is 5.71. The molecule has 0 radical (unpaired) electrons. The molecule has 33 heavy (non-hydrogen) atoms. The molecule has 0 aromatic heterocycles. The Hall–Kier alpha value is -3.26. The molecule has 0 unspecified atom stereocenters. The number of carbonyl (C=O) groups is 2. The third-order valence-corrected chi connectivity index (χ3v) is 5.35. The minimum Gasteiger partial charge on any atom is -0.349 e. The molecule has 3 N–H and O–H groups in total. The van der Waals surface area contributed by atoms with E-state index in [2.05, 4.69) is 39.7 Å². The number of aryl methyl sites for hydroxylation is 1. The van der Waals surface area contributed by atoms with Crippen LogP contribution in [0.4, 0.5) is 5.69 Å². The molecule has 1 aromatic rings. The van der Waals surface area contributed by atoms with Gasteiger partial charge in [-0.1, -0.05) is 26.0 Å². The number of rotatable bonds is 8. The molecule has 0 saturated heterocycles. The van der Waals surface area contributed by atoms with Gasteiger partial charge in [-0.3, -0.25) is 14.5 Å². The minimum atomic E-state index is -0.0947. The number of aliphatic imine (C=N–C) groups is 1. The van der Waals surface area contributed by atoms with Gasteiger partial charge in [-0.2, -0.15) is 5.10 Å². The first-order chi connectivity index (χ1) is 15.8. The zero-order chi connectivity index (χ0) is 24.4. The summed E-state index contributed by atoms with van der Waals surface area (Å²) in [5, 5.41) is 10.1. The van der Waals surface area contributed by atoms with Gasteiger partial charge in [0.05, 0.1) is 17.6 Å². The van der Waals surface area contributed by atoms with E-state index in [0.29, 0.717) is 40.2 Å². The van der Waals surface area contributed by atoms with Gasteiger partial charge in [-0.05, 0) is 71.3 Å². The number of unbranched alkanes of at least 4 members (excludes halogenated alkanes) is 1. The Balaban J connectivity index is 0.000000569. The van der Waals surface area contributed by atoms with Crippen molar-refractivity contribution in [3.05, 3.63) is 52.9 Å². The molecule has 0 bridgehead atoms. The molecule has 1 saturated carbocycles. The maximum atomic E-state index is 12.3. The van der Waals surface area contributed by atoms with Crippen LogP contribution in [0.1, 0.15) is 62.4 Å². The van der Waals surface area contributed by atoms with Crippen LogP contribution in [-0.4, -0.2) is 48.9 Å². The maximum Gasteiger partial charge on any atom is 0.251 e. The lowest BCUT2D eigenvalue weighted by atomic mass is 10.1. The van der Waals surface area contributed by atoms with Crippen LogP contribution in [0.5, 0.6) is 0 Å². The summed E-state index contributed by atoms with van der Waals surface area (Å²) in [7, 11) is 1.98. The van der Waals surface area contributed by atoms with Gasteiger partial charge in [0.15, 0.2) is 0 Å². The van der Waals surface area contributed by atoms with Crippen molar-refractivity contribution in [1.29, 1.82) is 0 Å². The first-order valence-corrected chi connectivity index (χ1v) is 11.4. The fourth-order valence-electron chi connectivity index (χ4n) is 2.95. The van der Waals surface area contributed by atoms with Crippen LogP contribution in [-0.2, 0) is 4.79 Å². The normalized spacial score (nSPS) is 17.1. The summed E-state index contributed by atoms with van der Waals surface area (Å²) < 4.78 is 0. The van der Waals surface area contributed by atoms with Gasteiger partial charge in [0.25, 0.3) is 5.91 Å². The quantitative estimate of drug-likeness (QED) is 0.317. The Bertz CT molecular complexity index is 956. The van der Waals surface area contributed by atoms with E-state index in [1.165, 1.54) is 12.8 Å². The Kier molecular flexibility index (Phi) is 10.00. The Labute approximate surface area is 196 Å². The smallest absolute Gasteiger partial charge is 0.251 e. The molecule has 1 heterocycles. The number of hydrazone groups is 1. The molecule has 1 fully saturated rings. The number of guanidine groups is 1. The zero-order valence-electron chi connectivity index (χ0n) is 20.4. The zero-order valence-corrected chi connectivity index (χ0v) is 20.4. The second kappa shape index (κ2) is 12.7. The van der Waals surface area contributed by atoms with Crippen molar-refractivity contribution in [3.63, 3.8) is 0 Å². The fraction of sp³-hybridized carbons (Fsp3) is 0.440. The molecule has 1 aromatic carbocycles. The molecule has 1 aliphatic carbocycles. The highest BCUT2D eigenvalue weighted by Gasteiger charge is 2.24. The number of nitrogens with one attached hydrogen (secondary N) is 3. The Morgan fingerprint density at radius 2 is 2.09 bits per heavy atom.